The van der Waals surface area contributed by atoms with E-state index in [1.807, 2.05) is 5.32 Å². The van der Waals surface area contributed by atoms with E-state index in [0.29, 0.717) is 51.5 Å². The number of carboxylic acids is 1. The summed E-state index contributed by atoms with van der Waals surface area (Å²) in [6, 6.07) is -22.7. The molecule has 58 heteroatoms. The van der Waals surface area contributed by atoms with Crippen molar-refractivity contribution < 1.29 is 116 Å². The standard InChI is InChI=1S/C82H154N34O24/c1-43(2)63(115-74(134)50(21-8-13-31-85)107-60(122)38-99-59(121)37-101-69(129)55(27-28-58(89)120)110-72(132)49(20-7-12-30-84)106-62(124)40-102-68(128)48(24-16-34-96-80(90)91)105-61(123)39-100-67(127)47(88)19-6-11-29-83)77(137)111-53(25-17-35-97-81(92)93)71(131)104-44(3)65(125)108-51(22-9-14-32-86)70(130)103-45(4)66(126)109-52(23-10-15-33-87)75(135)116-64(46(5)119)78(138)112-54(26-18-36-98-82(94)95)73(133)113-56(41-117)76(136)114-57(42-118)79(139)140/h43-57,63-64,117-119H,6-42,83-88H2,1-5H3,(H2,89,120)(H,99,121)(H,100,127)(H,101,129)(H,102,128)(H,103,130)(H,104,131)(H,105,123)(H,106,124)(H,107,122)(H,108,125)(H,109,126)(H,110,132)(H,111,137)(H,112,138)(H,113,133)(H,114,136)(H,115,134)(H,116,135)(H,139,140)(H4,90,91,96)(H4,92,93,97)(H4,94,95,98). The third-order valence-corrected chi connectivity index (χ3v) is 21.0. The lowest BCUT2D eigenvalue weighted by Crippen LogP contribution is -2.62. The first-order valence-corrected chi connectivity index (χ1v) is 46.4. The molecule has 48 N–H and O–H groups in total. The minimum atomic E-state index is -1.88. The molecule has 0 aromatic heterocycles. The van der Waals surface area contributed by atoms with Crippen LogP contribution in [0.1, 0.15) is 182 Å². The number of guanidine groups is 3. The number of unbranched alkanes of at least 4 members (excludes halogenated alkanes) is 5. The zero-order chi connectivity index (χ0) is 106. The van der Waals surface area contributed by atoms with Gasteiger partial charge < -0.3 is 189 Å². The summed E-state index contributed by atoms with van der Waals surface area (Å²) >= 11 is 0. The Kier molecular flexibility index (Phi) is 65.4. The summed E-state index contributed by atoms with van der Waals surface area (Å²) in [5.74, 6) is -22.0. The number of carbonyl (C=O) groups is 20. The Hall–Kier alpha value is -13.1. The average molecular weight is 2000 g/mol. The number of rotatable bonds is 76. The van der Waals surface area contributed by atoms with Crippen molar-refractivity contribution in [3.05, 3.63) is 0 Å². The normalized spacial score (nSPS) is 14.4. The maximum atomic E-state index is 14.4. The zero-order valence-corrected chi connectivity index (χ0v) is 80.2. The Bertz CT molecular complexity index is 4020. The van der Waals surface area contributed by atoms with Crippen LogP contribution < -0.4 is 169 Å². The lowest BCUT2D eigenvalue weighted by atomic mass is 10.0. The monoisotopic (exact) mass is 2000 g/mol. The molecule has 16 atom stereocenters. The van der Waals surface area contributed by atoms with Crippen molar-refractivity contribution in [3.63, 3.8) is 0 Å². The van der Waals surface area contributed by atoms with Crippen LogP contribution in [0.4, 0.5) is 0 Å². The maximum Gasteiger partial charge on any atom is 0.328 e. The topological polar surface area (TPSA) is 1010 Å². The van der Waals surface area contributed by atoms with Gasteiger partial charge in [-0.3, -0.25) is 107 Å². The van der Waals surface area contributed by atoms with E-state index in [1.54, 1.807) is 13.8 Å². The molecular formula is C82H154N34O24. The summed E-state index contributed by atoms with van der Waals surface area (Å²) in [4.78, 5) is 271. The lowest BCUT2D eigenvalue weighted by molar-refractivity contribution is -0.143. The predicted molar refractivity (Wildman–Crippen MR) is 507 cm³/mol. The molecule has 0 aromatic rings. The number of nitrogens with two attached hydrogens (primary N) is 10. The second-order valence-electron chi connectivity index (χ2n) is 33.3. The quantitative estimate of drug-likeness (QED) is 0.0153. The summed E-state index contributed by atoms with van der Waals surface area (Å²) in [5, 5.41) is 113. The molecule has 0 rings (SSSR count). The smallest absolute Gasteiger partial charge is 0.328 e. The first kappa shape index (κ1) is 127. The van der Waals surface area contributed by atoms with Gasteiger partial charge in [-0.2, -0.15) is 0 Å². The fraction of sp³-hybridized carbons (Fsp3) is 0.720. The second-order valence-corrected chi connectivity index (χ2v) is 33.3. The number of aliphatic hydroxyl groups is 3. The largest absolute Gasteiger partial charge is 0.480 e. The highest BCUT2D eigenvalue weighted by Crippen LogP contribution is 2.14. The van der Waals surface area contributed by atoms with E-state index in [-0.39, 0.29) is 142 Å². The molecule has 0 bridgehead atoms. The average Bonchev–Trinajstić information content (AvgIpc) is 0.852. The van der Waals surface area contributed by atoms with Crippen molar-refractivity contribution in [3.8, 4) is 0 Å². The molecular weight excluding hydrogens is 1850 g/mol. The van der Waals surface area contributed by atoms with E-state index in [0.717, 1.165) is 6.92 Å². The molecule has 0 radical (unpaired) electrons. The molecule has 0 fully saturated rings. The van der Waals surface area contributed by atoms with Crippen molar-refractivity contribution in [1.82, 2.24) is 112 Å². The SMILES string of the molecule is CC(NC(=O)C(CCCCN)NC(=O)C(C)NC(=O)C(CCCNC(=N)N)NC(=O)C(NC(=O)C(CCCCN)NC(=O)CNC(=O)CNC(=O)C(CCC(N)=O)NC(=O)C(CCCCN)NC(=O)CNC(=O)C(CCCNC(=N)N)NC(=O)CNC(=O)C(N)CCCCN)C(C)C)C(=O)NC(CCCCN)C(=O)NC(C(=O)NC(CCCNC(=N)N)C(=O)NC(CO)C(=O)NC(CO)C(=O)O)C(C)O. The van der Waals surface area contributed by atoms with Gasteiger partial charge in [0.25, 0.3) is 0 Å². The second kappa shape index (κ2) is 72.2. The highest BCUT2D eigenvalue weighted by Gasteiger charge is 2.39. The van der Waals surface area contributed by atoms with E-state index in [2.05, 4.69) is 106 Å². The van der Waals surface area contributed by atoms with Crippen LogP contribution in [0, 0.1) is 22.1 Å². The third-order valence-electron chi connectivity index (χ3n) is 21.0. The molecule has 0 aliphatic carbocycles. The summed E-state index contributed by atoms with van der Waals surface area (Å²) in [7, 11) is 0. The Balaban J connectivity index is 6.68. The van der Waals surface area contributed by atoms with Gasteiger partial charge in [-0.15, -0.1) is 0 Å². The van der Waals surface area contributed by atoms with Gasteiger partial charge in [-0.1, -0.05) is 20.3 Å². The summed E-state index contributed by atoms with van der Waals surface area (Å²) in [6.07, 6.45) is 0.410. The highest BCUT2D eigenvalue weighted by molar-refractivity contribution is 6.01. The number of carboxylic acid groups (broad SMARTS) is 1. The summed E-state index contributed by atoms with van der Waals surface area (Å²) in [5.41, 5.74) is 56.1. The summed E-state index contributed by atoms with van der Waals surface area (Å²) < 4.78 is 0. The number of hydrogen-bond acceptors (Lipinski definition) is 32. The fourth-order valence-corrected chi connectivity index (χ4v) is 13.0. The van der Waals surface area contributed by atoms with Gasteiger partial charge >= 0.3 is 5.97 Å². The first-order chi connectivity index (χ1) is 66.1. The molecule has 16 unspecified atom stereocenters. The van der Waals surface area contributed by atoms with Gasteiger partial charge in [-0.05, 0) is 194 Å². The molecule has 0 spiro atoms. The molecule has 0 aromatic carbocycles. The van der Waals surface area contributed by atoms with Gasteiger partial charge in [0.15, 0.2) is 17.9 Å². The number of aliphatic carboxylic acids is 1. The molecule has 19 amide bonds. The zero-order valence-electron chi connectivity index (χ0n) is 80.2. The predicted octanol–water partition coefficient (Wildman–Crippen LogP) is -15.6. The number of hydrogen-bond donors (Lipinski definition) is 38. The van der Waals surface area contributed by atoms with Crippen LogP contribution in [-0.2, 0) is 95.9 Å². The van der Waals surface area contributed by atoms with Crippen LogP contribution in [0.3, 0.4) is 0 Å². The van der Waals surface area contributed by atoms with Crippen molar-refractivity contribution in [2.45, 2.75) is 279 Å². The van der Waals surface area contributed by atoms with Crippen LogP contribution in [0.2, 0.25) is 0 Å². The molecule has 58 nitrogen and oxygen atoms in total. The highest BCUT2D eigenvalue weighted by atomic mass is 16.4. The number of amides is 19. The molecule has 0 aliphatic rings. The molecule has 0 saturated heterocycles. The van der Waals surface area contributed by atoms with Gasteiger partial charge in [0, 0.05) is 26.1 Å². The van der Waals surface area contributed by atoms with Crippen LogP contribution >= 0.6 is 0 Å². The lowest BCUT2D eigenvalue weighted by Gasteiger charge is -2.28. The Morgan fingerprint density at radius 1 is 0.271 bits per heavy atom. The molecule has 796 valence electrons. The number of carbonyl (C=O) groups excluding carboxylic acids is 19. The van der Waals surface area contributed by atoms with Gasteiger partial charge in [-0.25, -0.2) is 4.79 Å². The van der Waals surface area contributed by atoms with E-state index in [4.69, 9.17) is 73.6 Å². The van der Waals surface area contributed by atoms with Gasteiger partial charge in [0.1, 0.15) is 84.6 Å². The minimum absolute atomic E-state index is 0.00420. The Morgan fingerprint density at radius 2 is 0.536 bits per heavy atom. The van der Waals surface area contributed by atoms with Gasteiger partial charge in [0.05, 0.1) is 51.5 Å². The van der Waals surface area contributed by atoms with E-state index in [9.17, 15) is 116 Å². The Labute approximate surface area is 811 Å². The number of primary amides is 1. The van der Waals surface area contributed by atoms with E-state index >= 15 is 0 Å². The molecule has 0 saturated carbocycles. The molecule has 140 heavy (non-hydrogen) atoms. The van der Waals surface area contributed by atoms with Crippen molar-refractivity contribution >= 4 is 136 Å². The van der Waals surface area contributed by atoms with Crippen molar-refractivity contribution in [2.75, 3.05) is 91.8 Å². The van der Waals surface area contributed by atoms with E-state index < -0.39 is 285 Å². The minimum Gasteiger partial charge on any atom is -0.480 e. The number of aliphatic hydroxyl groups excluding tert-OH is 3. The number of nitrogens with one attached hydrogen (secondary N) is 24. The Morgan fingerprint density at radius 3 is 0.871 bits per heavy atom. The van der Waals surface area contributed by atoms with Crippen molar-refractivity contribution in [1.29, 1.82) is 16.2 Å². The fourth-order valence-electron chi connectivity index (χ4n) is 13.0. The first-order valence-electron chi connectivity index (χ1n) is 46.4. The third kappa shape index (κ3) is 55.4. The van der Waals surface area contributed by atoms with E-state index in [1.165, 1.54) is 13.8 Å². The van der Waals surface area contributed by atoms with Gasteiger partial charge in [0.2, 0.25) is 112 Å². The molecule has 0 heterocycles. The van der Waals surface area contributed by atoms with Crippen molar-refractivity contribution in [2.24, 2.45) is 63.3 Å². The van der Waals surface area contributed by atoms with Crippen LogP contribution in [0.25, 0.3) is 0 Å². The maximum absolute atomic E-state index is 14.4. The van der Waals surface area contributed by atoms with Crippen LogP contribution in [0.15, 0.2) is 0 Å². The van der Waals surface area contributed by atoms with Crippen LogP contribution in [-0.4, -0.2) is 345 Å². The summed E-state index contributed by atoms with van der Waals surface area (Å²) in [6.45, 7) is 2.57. The molecule has 0 aliphatic heterocycles. The van der Waals surface area contributed by atoms with Crippen LogP contribution in [0.5, 0.6) is 0 Å².